The number of aromatic hydroxyl groups is 1. The van der Waals surface area contributed by atoms with E-state index in [1.807, 2.05) is 12.1 Å². The van der Waals surface area contributed by atoms with Crippen LogP contribution in [0, 0.1) is 0 Å². The van der Waals surface area contributed by atoms with Crippen LogP contribution >= 0.6 is 0 Å². The standard InChI is InChI=1S/C20H21F2NO3/c1-2-8-23-9-7-19-15-11-3-4-13(24)16(15)26-17(19)12(18(21)22)5-6-20(19,25)14(23)10-11/h2-4,14,17,24-25H,1,5-10H2/t14-,17+,19+,20-/m1/s1. The quantitative estimate of drug-likeness (QED) is 0.796. The van der Waals surface area contributed by atoms with Gasteiger partial charge >= 0.3 is 0 Å². The van der Waals surface area contributed by atoms with Gasteiger partial charge in [0.15, 0.2) is 11.5 Å². The highest BCUT2D eigenvalue weighted by molar-refractivity contribution is 5.64. The van der Waals surface area contributed by atoms with Crippen molar-refractivity contribution in [2.24, 2.45) is 0 Å². The molecule has 1 aromatic carbocycles. The van der Waals surface area contributed by atoms with Crippen LogP contribution in [0.3, 0.4) is 0 Å². The van der Waals surface area contributed by atoms with Crippen molar-refractivity contribution in [1.29, 1.82) is 0 Å². The maximum Gasteiger partial charge on any atom is 0.273 e. The fraction of sp³-hybridized carbons (Fsp3) is 0.500. The minimum Gasteiger partial charge on any atom is -0.504 e. The number of aliphatic hydroxyl groups is 1. The van der Waals surface area contributed by atoms with Crippen molar-refractivity contribution in [2.75, 3.05) is 13.1 Å². The van der Waals surface area contributed by atoms with Crippen molar-refractivity contribution in [3.63, 3.8) is 0 Å². The molecule has 2 aliphatic heterocycles. The van der Waals surface area contributed by atoms with Crippen LogP contribution in [0.1, 0.15) is 30.4 Å². The van der Waals surface area contributed by atoms with Crippen molar-refractivity contribution in [2.45, 2.75) is 48.8 Å². The number of benzene rings is 1. The minimum absolute atomic E-state index is 0.0333. The third-order valence-corrected chi connectivity index (χ3v) is 7.02. The SMILES string of the molecule is C=CCN1CC[C@]23c4c5ccc(O)c4O[C@H]2C(=C(F)F)CC[C@@]3(O)[C@H]1C5. The topological polar surface area (TPSA) is 52.9 Å². The molecule has 4 nitrogen and oxygen atoms in total. The van der Waals surface area contributed by atoms with E-state index in [1.54, 1.807) is 6.07 Å². The first kappa shape index (κ1) is 16.3. The lowest BCUT2D eigenvalue weighted by molar-refractivity contribution is -0.172. The molecule has 26 heavy (non-hydrogen) atoms. The summed E-state index contributed by atoms with van der Waals surface area (Å²) in [5, 5.41) is 22.2. The van der Waals surface area contributed by atoms with E-state index in [0.29, 0.717) is 25.9 Å². The molecule has 1 saturated heterocycles. The molecule has 2 heterocycles. The van der Waals surface area contributed by atoms with E-state index < -0.39 is 23.2 Å². The maximum atomic E-state index is 13.7. The van der Waals surface area contributed by atoms with Gasteiger partial charge in [-0.1, -0.05) is 12.1 Å². The first-order valence-corrected chi connectivity index (χ1v) is 9.07. The van der Waals surface area contributed by atoms with Gasteiger partial charge in [-0.05, 0) is 37.3 Å². The molecule has 6 heteroatoms. The van der Waals surface area contributed by atoms with E-state index in [0.717, 1.165) is 11.1 Å². The average Bonchev–Trinajstić information content (AvgIpc) is 2.94. The van der Waals surface area contributed by atoms with Crippen molar-refractivity contribution < 1.29 is 23.7 Å². The Morgan fingerprint density at radius 2 is 2.19 bits per heavy atom. The van der Waals surface area contributed by atoms with Gasteiger partial charge in [-0.3, -0.25) is 4.90 Å². The van der Waals surface area contributed by atoms with E-state index >= 15 is 0 Å². The number of rotatable bonds is 2. The van der Waals surface area contributed by atoms with Gasteiger partial charge < -0.3 is 14.9 Å². The third-order valence-electron chi connectivity index (χ3n) is 7.02. The Morgan fingerprint density at radius 1 is 1.38 bits per heavy atom. The second-order valence-electron chi connectivity index (χ2n) is 7.88. The van der Waals surface area contributed by atoms with Crippen LogP contribution in [-0.4, -0.2) is 45.9 Å². The molecule has 1 spiro atoms. The summed E-state index contributed by atoms with van der Waals surface area (Å²) >= 11 is 0. The van der Waals surface area contributed by atoms with Gasteiger partial charge in [0.25, 0.3) is 6.08 Å². The predicted molar refractivity (Wildman–Crippen MR) is 91.5 cm³/mol. The van der Waals surface area contributed by atoms with Crippen LogP contribution in [0.4, 0.5) is 8.78 Å². The molecule has 0 amide bonds. The summed E-state index contributed by atoms with van der Waals surface area (Å²) in [7, 11) is 0. The van der Waals surface area contributed by atoms with Crippen molar-refractivity contribution in [1.82, 2.24) is 4.90 Å². The Kier molecular flexibility index (Phi) is 3.18. The monoisotopic (exact) mass is 361 g/mol. The van der Waals surface area contributed by atoms with Gasteiger partial charge in [0.2, 0.25) is 0 Å². The maximum absolute atomic E-state index is 13.7. The highest BCUT2D eigenvalue weighted by Crippen LogP contribution is 2.66. The van der Waals surface area contributed by atoms with Gasteiger partial charge in [-0.2, -0.15) is 8.78 Å². The van der Waals surface area contributed by atoms with Gasteiger partial charge in [-0.15, -0.1) is 6.58 Å². The second-order valence-corrected chi connectivity index (χ2v) is 7.88. The Bertz CT molecular complexity index is 850. The number of nitrogens with zero attached hydrogens (tertiary/aromatic N) is 1. The van der Waals surface area contributed by atoms with Crippen LogP contribution in [0.15, 0.2) is 36.4 Å². The van der Waals surface area contributed by atoms with Crippen molar-refractivity contribution >= 4 is 0 Å². The van der Waals surface area contributed by atoms with Crippen LogP contribution in [0.2, 0.25) is 0 Å². The van der Waals surface area contributed by atoms with Gasteiger partial charge in [0.05, 0.1) is 11.0 Å². The number of piperidine rings is 1. The van der Waals surface area contributed by atoms with E-state index in [9.17, 15) is 19.0 Å². The summed E-state index contributed by atoms with van der Waals surface area (Å²) < 4.78 is 33.4. The lowest BCUT2D eigenvalue weighted by Gasteiger charge is -2.63. The lowest BCUT2D eigenvalue weighted by Crippen LogP contribution is -2.75. The number of phenols is 1. The first-order chi connectivity index (χ1) is 12.4. The lowest BCUT2D eigenvalue weighted by atomic mass is 9.48. The number of halogens is 2. The number of hydrogen-bond acceptors (Lipinski definition) is 4. The molecule has 4 atom stereocenters. The largest absolute Gasteiger partial charge is 0.504 e. The van der Waals surface area contributed by atoms with Gasteiger partial charge in [0, 0.05) is 30.3 Å². The number of phenolic OH excluding ortho intramolecular Hbond substituents is 1. The minimum atomic E-state index is -1.73. The Balaban J connectivity index is 1.80. The van der Waals surface area contributed by atoms with Crippen molar-refractivity contribution in [3.8, 4) is 11.5 Å². The zero-order chi connectivity index (χ0) is 18.3. The summed E-state index contributed by atoms with van der Waals surface area (Å²) in [6.45, 7) is 5.14. The second kappa shape index (κ2) is 5.08. The molecular weight excluding hydrogens is 340 g/mol. The molecule has 2 fully saturated rings. The van der Waals surface area contributed by atoms with Crippen LogP contribution in [0.25, 0.3) is 0 Å². The molecule has 0 unspecified atom stereocenters. The molecule has 5 rings (SSSR count). The highest BCUT2D eigenvalue weighted by atomic mass is 19.3. The van der Waals surface area contributed by atoms with Crippen molar-refractivity contribution in [3.05, 3.63) is 47.6 Å². The summed E-state index contributed by atoms with van der Waals surface area (Å²) in [5.41, 5.74) is -0.394. The highest BCUT2D eigenvalue weighted by Gasteiger charge is 2.72. The van der Waals surface area contributed by atoms with Crippen LogP contribution < -0.4 is 4.74 Å². The number of ether oxygens (including phenoxy) is 1. The van der Waals surface area contributed by atoms with Crippen LogP contribution in [-0.2, 0) is 11.8 Å². The zero-order valence-electron chi connectivity index (χ0n) is 14.3. The Labute approximate surface area is 150 Å². The first-order valence-electron chi connectivity index (χ1n) is 9.07. The Hall–Kier alpha value is -1.92. The normalized spacial score (nSPS) is 37.1. The van der Waals surface area contributed by atoms with E-state index in [1.165, 1.54) is 0 Å². The smallest absolute Gasteiger partial charge is 0.273 e. The summed E-state index contributed by atoms with van der Waals surface area (Å²) in [5.74, 6) is 0.239. The van der Waals surface area contributed by atoms with Gasteiger partial charge in [0.1, 0.15) is 6.10 Å². The zero-order valence-corrected chi connectivity index (χ0v) is 14.3. The molecule has 0 radical (unpaired) electrons. The molecular formula is C20H21F2NO3. The molecule has 0 aromatic heterocycles. The average molecular weight is 361 g/mol. The molecule has 138 valence electrons. The summed E-state index contributed by atoms with van der Waals surface area (Å²) in [6, 6.07) is 3.23. The molecule has 1 saturated carbocycles. The summed E-state index contributed by atoms with van der Waals surface area (Å²) in [4.78, 5) is 2.20. The third kappa shape index (κ3) is 1.65. The fourth-order valence-corrected chi connectivity index (χ4v) is 6.03. The molecule has 2 bridgehead atoms. The summed E-state index contributed by atoms with van der Waals surface area (Å²) in [6.07, 6.45) is 0.677. The number of likely N-dealkylation sites (tertiary alicyclic amines) is 1. The Morgan fingerprint density at radius 3 is 2.92 bits per heavy atom. The molecule has 2 N–H and O–H groups in total. The molecule has 1 aromatic rings. The number of hydrogen-bond donors (Lipinski definition) is 2. The van der Waals surface area contributed by atoms with Gasteiger partial charge in [-0.25, -0.2) is 0 Å². The van der Waals surface area contributed by atoms with E-state index in [2.05, 4.69) is 11.5 Å². The molecule has 4 aliphatic rings. The predicted octanol–water partition coefficient (Wildman–Crippen LogP) is 2.88. The van der Waals surface area contributed by atoms with Crippen LogP contribution in [0.5, 0.6) is 11.5 Å². The van der Waals surface area contributed by atoms with E-state index in [-0.39, 0.29) is 36.0 Å². The fourth-order valence-electron chi connectivity index (χ4n) is 6.03. The molecule has 2 aliphatic carbocycles. The van der Waals surface area contributed by atoms with E-state index in [4.69, 9.17) is 4.74 Å².